The molecule has 0 bridgehead atoms. The van der Waals surface area contributed by atoms with E-state index < -0.39 is 0 Å². The summed E-state index contributed by atoms with van der Waals surface area (Å²) in [6.07, 6.45) is 5.48. The van der Waals surface area contributed by atoms with Crippen molar-refractivity contribution in [2.24, 2.45) is 5.41 Å². The molecule has 0 saturated heterocycles. The fraction of sp³-hybridized carbons (Fsp3) is 0.611. The summed E-state index contributed by atoms with van der Waals surface area (Å²) in [4.78, 5) is 15.1. The maximum absolute atomic E-state index is 13.1. The molecule has 114 valence electrons. The number of nitrogens with zero attached hydrogens (tertiary/aromatic N) is 1. The lowest BCUT2D eigenvalue weighted by Gasteiger charge is -2.38. The van der Waals surface area contributed by atoms with Crippen molar-refractivity contribution < 1.29 is 4.79 Å². The average Bonchev–Trinajstić information content (AvgIpc) is 2.95. The molecule has 1 aromatic carbocycles. The van der Waals surface area contributed by atoms with Crippen LogP contribution in [-0.2, 0) is 4.79 Å². The summed E-state index contributed by atoms with van der Waals surface area (Å²) in [5, 5.41) is 3.54. The predicted molar refractivity (Wildman–Crippen MR) is 86.4 cm³/mol. The highest BCUT2D eigenvalue weighted by molar-refractivity contribution is 5.98. The summed E-state index contributed by atoms with van der Waals surface area (Å²) in [6.45, 7) is 6.09. The summed E-state index contributed by atoms with van der Waals surface area (Å²) in [6, 6.07) is 8.78. The third-order valence-corrected chi connectivity index (χ3v) is 5.16. The number of carbonyl (C=O) groups excluding carboxylic acids is 1. The minimum Gasteiger partial charge on any atom is -0.312 e. The van der Waals surface area contributed by atoms with Gasteiger partial charge in [0.1, 0.15) is 0 Å². The van der Waals surface area contributed by atoms with Crippen molar-refractivity contribution >= 4 is 11.6 Å². The van der Waals surface area contributed by atoms with Crippen LogP contribution >= 0.6 is 0 Å². The van der Waals surface area contributed by atoms with E-state index in [1.807, 2.05) is 6.07 Å². The number of benzene rings is 1. The third kappa shape index (κ3) is 2.59. The molecule has 0 aromatic heterocycles. The van der Waals surface area contributed by atoms with Crippen LogP contribution < -0.4 is 10.2 Å². The normalized spacial score (nSPS) is 23.9. The molecule has 1 aliphatic carbocycles. The first-order valence-corrected chi connectivity index (χ1v) is 8.30. The van der Waals surface area contributed by atoms with Gasteiger partial charge in [-0.2, -0.15) is 0 Å². The second kappa shape index (κ2) is 5.80. The summed E-state index contributed by atoms with van der Waals surface area (Å²) >= 11 is 0. The first-order chi connectivity index (χ1) is 10.2. The van der Waals surface area contributed by atoms with Crippen molar-refractivity contribution in [2.45, 2.75) is 52.0 Å². The zero-order valence-electron chi connectivity index (χ0n) is 13.2. The fourth-order valence-corrected chi connectivity index (χ4v) is 3.93. The first kappa shape index (κ1) is 14.6. The maximum atomic E-state index is 13.1. The highest BCUT2D eigenvalue weighted by atomic mass is 16.2. The molecule has 1 aromatic rings. The number of carbonyl (C=O) groups is 1. The van der Waals surface area contributed by atoms with Crippen molar-refractivity contribution in [3.8, 4) is 0 Å². The van der Waals surface area contributed by atoms with Gasteiger partial charge in [-0.25, -0.2) is 0 Å². The molecular formula is C18H26N2O. The van der Waals surface area contributed by atoms with E-state index in [-0.39, 0.29) is 5.41 Å². The largest absolute Gasteiger partial charge is 0.312 e. The molecule has 0 radical (unpaired) electrons. The van der Waals surface area contributed by atoms with E-state index in [0.29, 0.717) is 11.9 Å². The summed E-state index contributed by atoms with van der Waals surface area (Å²) in [5.74, 6) is 0.336. The molecule has 3 heteroatoms. The van der Waals surface area contributed by atoms with Gasteiger partial charge >= 0.3 is 0 Å². The van der Waals surface area contributed by atoms with E-state index in [1.165, 1.54) is 18.4 Å². The number of nitrogens with one attached hydrogen (secondary N) is 1. The predicted octanol–water partition coefficient (Wildman–Crippen LogP) is 3.65. The summed E-state index contributed by atoms with van der Waals surface area (Å²) < 4.78 is 0. The van der Waals surface area contributed by atoms with Gasteiger partial charge in [-0.15, -0.1) is 0 Å². The van der Waals surface area contributed by atoms with E-state index >= 15 is 0 Å². The van der Waals surface area contributed by atoms with Gasteiger partial charge in [0.25, 0.3) is 0 Å². The van der Waals surface area contributed by atoms with Gasteiger partial charge in [0, 0.05) is 23.7 Å². The van der Waals surface area contributed by atoms with Crippen LogP contribution in [0.15, 0.2) is 24.3 Å². The zero-order valence-corrected chi connectivity index (χ0v) is 13.2. The molecule has 1 heterocycles. The molecule has 3 nitrogen and oxygen atoms in total. The second-order valence-electron chi connectivity index (χ2n) is 6.68. The number of hydrogen-bond acceptors (Lipinski definition) is 2. The topological polar surface area (TPSA) is 32.3 Å². The van der Waals surface area contributed by atoms with Crippen molar-refractivity contribution in [3.63, 3.8) is 0 Å². The number of rotatable bonds is 3. The highest BCUT2D eigenvalue weighted by Gasteiger charge is 2.41. The standard InChI is InChI=1S/C18H26N2O/c1-3-19-15-10-13-20(16-9-5-4-8-14(15)16)17(21)18(2)11-6-7-12-18/h4-5,8-9,15,19H,3,6-7,10-13H2,1-2H3. The van der Waals surface area contributed by atoms with Crippen LogP contribution in [0.25, 0.3) is 0 Å². The second-order valence-corrected chi connectivity index (χ2v) is 6.68. The molecule has 1 saturated carbocycles. The molecule has 1 amide bonds. The van der Waals surface area contributed by atoms with E-state index in [2.05, 4.69) is 42.3 Å². The quantitative estimate of drug-likeness (QED) is 0.920. The molecule has 3 rings (SSSR count). The number of para-hydroxylation sites is 1. The smallest absolute Gasteiger partial charge is 0.232 e. The number of hydrogen-bond donors (Lipinski definition) is 1. The number of fused-ring (bicyclic) bond motifs is 1. The van der Waals surface area contributed by atoms with Gasteiger partial charge in [0.2, 0.25) is 5.91 Å². The molecular weight excluding hydrogens is 260 g/mol. The third-order valence-electron chi connectivity index (χ3n) is 5.16. The summed E-state index contributed by atoms with van der Waals surface area (Å²) in [5.41, 5.74) is 2.26. The van der Waals surface area contributed by atoms with Gasteiger partial charge < -0.3 is 10.2 Å². The fourth-order valence-electron chi connectivity index (χ4n) is 3.93. The first-order valence-electron chi connectivity index (χ1n) is 8.30. The van der Waals surface area contributed by atoms with E-state index in [4.69, 9.17) is 0 Å². The van der Waals surface area contributed by atoms with Crippen LogP contribution in [0.2, 0.25) is 0 Å². The Morgan fingerprint density at radius 1 is 1.33 bits per heavy atom. The molecule has 0 spiro atoms. The van der Waals surface area contributed by atoms with Gasteiger partial charge in [-0.3, -0.25) is 4.79 Å². The Morgan fingerprint density at radius 3 is 2.76 bits per heavy atom. The van der Waals surface area contributed by atoms with Gasteiger partial charge in [-0.05, 0) is 37.4 Å². The Kier molecular flexibility index (Phi) is 4.03. The van der Waals surface area contributed by atoms with Crippen LogP contribution in [0.4, 0.5) is 5.69 Å². The molecule has 1 N–H and O–H groups in total. The molecule has 1 atom stereocenters. The Bertz CT molecular complexity index is 520. The number of anilines is 1. The average molecular weight is 286 g/mol. The van der Waals surface area contributed by atoms with Crippen molar-refractivity contribution in [1.29, 1.82) is 0 Å². The van der Waals surface area contributed by atoms with Crippen molar-refractivity contribution in [3.05, 3.63) is 29.8 Å². The Morgan fingerprint density at radius 2 is 2.05 bits per heavy atom. The molecule has 1 unspecified atom stereocenters. The van der Waals surface area contributed by atoms with Gasteiger partial charge in [0.15, 0.2) is 0 Å². The van der Waals surface area contributed by atoms with Gasteiger partial charge in [0.05, 0.1) is 0 Å². The van der Waals surface area contributed by atoms with Gasteiger partial charge in [-0.1, -0.05) is 44.9 Å². The molecule has 1 fully saturated rings. The van der Waals surface area contributed by atoms with Crippen LogP contribution in [0.1, 0.15) is 57.6 Å². The SMILES string of the molecule is CCNC1CCN(C(=O)C2(C)CCCC2)c2ccccc21. The highest BCUT2D eigenvalue weighted by Crippen LogP contribution is 2.42. The molecule has 2 aliphatic rings. The monoisotopic (exact) mass is 286 g/mol. The van der Waals surface area contributed by atoms with E-state index in [1.54, 1.807) is 0 Å². The van der Waals surface area contributed by atoms with Crippen LogP contribution in [0.3, 0.4) is 0 Å². The van der Waals surface area contributed by atoms with Crippen molar-refractivity contribution in [2.75, 3.05) is 18.0 Å². The lowest BCUT2D eigenvalue weighted by atomic mass is 9.85. The molecule has 21 heavy (non-hydrogen) atoms. The number of amides is 1. The minimum atomic E-state index is -0.141. The lowest BCUT2D eigenvalue weighted by molar-refractivity contribution is -0.127. The Labute approximate surface area is 127 Å². The Hall–Kier alpha value is -1.35. The van der Waals surface area contributed by atoms with Crippen LogP contribution in [-0.4, -0.2) is 19.0 Å². The molecule has 1 aliphatic heterocycles. The van der Waals surface area contributed by atoms with E-state index in [0.717, 1.165) is 38.0 Å². The zero-order chi connectivity index (χ0) is 14.9. The van der Waals surface area contributed by atoms with Crippen molar-refractivity contribution in [1.82, 2.24) is 5.32 Å². The van der Waals surface area contributed by atoms with Crippen LogP contribution in [0.5, 0.6) is 0 Å². The lowest BCUT2D eigenvalue weighted by Crippen LogP contribution is -2.45. The maximum Gasteiger partial charge on any atom is 0.232 e. The minimum absolute atomic E-state index is 0.141. The van der Waals surface area contributed by atoms with Crippen LogP contribution in [0, 0.1) is 5.41 Å². The Balaban J connectivity index is 1.90. The summed E-state index contributed by atoms with van der Waals surface area (Å²) in [7, 11) is 0. The van der Waals surface area contributed by atoms with E-state index in [9.17, 15) is 4.79 Å².